The van der Waals surface area contributed by atoms with E-state index >= 15 is 0 Å². The van der Waals surface area contributed by atoms with Crippen LogP contribution in [-0.4, -0.2) is 31.7 Å². The van der Waals surface area contributed by atoms with Gasteiger partial charge in [0, 0.05) is 40.0 Å². The molecule has 5 rings (SSSR count). The van der Waals surface area contributed by atoms with Crippen LogP contribution >= 0.6 is 23.4 Å². The Morgan fingerprint density at radius 2 is 1.86 bits per heavy atom. The molecule has 1 amide bonds. The van der Waals surface area contributed by atoms with Gasteiger partial charge in [-0.1, -0.05) is 53.7 Å². The van der Waals surface area contributed by atoms with Crippen LogP contribution in [0.15, 0.2) is 53.7 Å². The fourth-order valence-electron chi connectivity index (χ4n) is 4.29. The minimum Gasteiger partial charge on any atom is -0.436 e. The molecule has 188 valence electrons. The maximum absolute atomic E-state index is 12.9. The number of para-hydroxylation sites is 1. The largest absolute Gasteiger partial charge is 0.436 e. The van der Waals surface area contributed by atoms with Crippen molar-refractivity contribution in [1.82, 2.24) is 15.0 Å². The van der Waals surface area contributed by atoms with Gasteiger partial charge >= 0.3 is 0 Å². The van der Waals surface area contributed by atoms with E-state index in [4.69, 9.17) is 26.3 Å². The van der Waals surface area contributed by atoms with E-state index in [-0.39, 0.29) is 18.3 Å². The van der Waals surface area contributed by atoms with Gasteiger partial charge in [-0.05, 0) is 44.0 Å². The molecule has 1 aliphatic rings. The fourth-order valence-corrected chi connectivity index (χ4v) is 5.31. The standard InChI is InChI=1S/C28H25ClN4O3S/c1-15-6-4-7-16(2)24(15)31-23(35)14-37-28-22-11-21-19(13-34)12-30-17(3)25(21)36-27(22)32-26(33-28)18-8-5-9-20(29)10-18/h4-10,12,34H,11,13-14H2,1-3H3,(H,31,35). The van der Waals surface area contributed by atoms with E-state index in [1.807, 2.05) is 51.1 Å². The summed E-state index contributed by atoms with van der Waals surface area (Å²) in [7, 11) is 0. The van der Waals surface area contributed by atoms with Crippen LogP contribution in [0.25, 0.3) is 11.4 Å². The predicted octanol–water partition coefficient (Wildman–Crippen LogP) is 6.04. The lowest BCUT2D eigenvalue weighted by Crippen LogP contribution is -2.17. The number of thioether (sulfide) groups is 1. The smallest absolute Gasteiger partial charge is 0.234 e. The Hall–Kier alpha value is -3.46. The van der Waals surface area contributed by atoms with Gasteiger partial charge in [-0.2, -0.15) is 4.98 Å². The van der Waals surface area contributed by atoms with Gasteiger partial charge in [-0.25, -0.2) is 4.98 Å². The minimum absolute atomic E-state index is 0.132. The summed E-state index contributed by atoms with van der Waals surface area (Å²) in [6, 6.07) is 13.2. The lowest BCUT2D eigenvalue weighted by atomic mass is 9.99. The molecule has 3 heterocycles. The molecule has 2 N–H and O–H groups in total. The number of pyridine rings is 1. The molecule has 9 heteroatoms. The van der Waals surface area contributed by atoms with Crippen molar-refractivity contribution < 1.29 is 14.6 Å². The number of hydrogen-bond donors (Lipinski definition) is 2. The van der Waals surface area contributed by atoms with Crippen LogP contribution in [0, 0.1) is 20.8 Å². The number of anilines is 1. The number of rotatable bonds is 6. The molecule has 2 aromatic carbocycles. The third-order valence-corrected chi connectivity index (χ3v) is 7.48. The monoisotopic (exact) mass is 532 g/mol. The first kappa shape index (κ1) is 25.2. The number of ether oxygens (including phenoxy) is 1. The molecule has 0 fully saturated rings. The summed E-state index contributed by atoms with van der Waals surface area (Å²) in [5, 5.41) is 14.1. The summed E-state index contributed by atoms with van der Waals surface area (Å²) in [6.07, 6.45) is 2.12. The van der Waals surface area contributed by atoms with Gasteiger partial charge in [-0.3, -0.25) is 9.78 Å². The van der Waals surface area contributed by atoms with Crippen molar-refractivity contribution >= 4 is 35.0 Å². The van der Waals surface area contributed by atoms with Crippen molar-refractivity contribution in [3.8, 4) is 23.0 Å². The number of halogens is 1. The van der Waals surface area contributed by atoms with Crippen LogP contribution in [0.1, 0.15) is 33.5 Å². The number of amides is 1. The van der Waals surface area contributed by atoms with Crippen molar-refractivity contribution in [3.63, 3.8) is 0 Å². The highest BCUT2D eigenvalue weighted by molar-refractivity contribution is 8.00. The normalized spacial score (nSPS) is 11.9. The fraction of sp³-hybridized carbons (Fsp3) is 0.214. The number of hydrogen-bond acceptors (Lipinski definition) is 7. The molecule has 0 radical (unpaired) electrons. The first-order valence-corrected chi connectivity index (χ1v) is 13.1. The van der Waals surface area contributed by atoms with Crippen molar-refractivity contribution in [2.24, 2.45) is 0 Å². The maximum Gasteiger partial charge on any atom is 0.234 e. The molecule has 0 saturated heterocycles. The van der Waals surface area contributed by atoms with Gasteiger partial charge < -0.3 is 15.2 Å². The first-order valence-electron chi connectivity index (χ1n) is 11.8. The highest BCUT2D eigenvalue weighted by Crippen LogP contribution is 2.42. The van der Waals surface area contributed by atoms with Crippen molar-refractivity contribution in [1.29, 1.82) is 0 Å². The summed E-state index contributed by atoms with van der Waals surface area (Å²) < 4.78 is 6.25. The second-order valence-electron chi connectivity index (χ2n) is 8.86. The van der Waals surface area contributed by atoms with Crippen LogP contribution in [0.3, 0.4) is 0 Å². The molecule has 0 bridgehead atoms. The Bertz CT molecular complexity index is 1510. The molecule has 1 aliphatic heterocycles. The summed E-state index contributed by atoms with van der Waals surface area (Å²) in [4.78, 5) is 26.8. The number of aromatic nitrogens is 3. The topological polar surface area (TPSA) is 97.2 Å². The molecule has 0 unspecified atom stereocenters. The van der Waals surface area contributed by atoms with E-state index < -0.39 is 0 Å². The van der Waals surface area contributed by atoms with Gasteiger partial charge in [0.1, 0.15) is 5.03 Å². The lowest BCUT2D eigenvalue weighted by Gasteiger charge is -2.24. The van der Waals surface area contributed by atoms with E-state index in [1.54, 1.807) is 18.3 Å². The van der Waals surface area contributed by atoms with Crippen LogP contribution in [0.5, 0.6) is 11.6 Å². The quantitative estimate of drug-likeness (QED) is 0.203. The molecule has 7 nitrogen and oxygen atoms in total. The number of benzene rings is 2. The van der Waals surface area contributed by atoms with Gasteiger partial charge in [0.05, 0.1) is 23.6 Å². The number of nitrogens with zero attached hydrogens (tertiary/aromatic N) is 3. The van der Waals surface area contributed by atoms with Gasteiger partial charge in [0.15, 0.2) is 11.6 Å². The number of aryl methyl sites for hydroxylation is 3. The Morgan fingerprint density at radius 3 is 2.59 bits per heavy atom. The van der Waals surface area contributed by atoms with E-state index in [0.29, 0.717) is 45.2 Å². The summed E-state index contributed by atoms with van der Waals surface area (Å²) in [5.41, 5.74) is 6.59. The number of nitrogens with one attached hydrogen (secondary N) is 1. The van der Waals surface area contributed by atoms with E-state index in [2.05, 4.69) is 10.3 Å². The Kier molecular flexibility index (Phi) is 7.15. The van der Waals surface area contributed by atoms with Crippen LogP contribution in [0.4, 0.5) is 5.69 Å². The Morgan fingerprint density at radius 1 is 1.11 bits per heavy atom. The molecule has 2 aromatic heterocycles. The zero-order valence-electron chi connectivity index (χ0n) is 20.6. The molecular weight excluding hydrogens is 508 g/mol. The number of aliphatic hydroxyl groups excluding tert-OH is 1. The molecule has 0 saturated carbocycles. The number of aliphatic hydroxyl groups is 1. The third-order valence-electron chi connectivity index (χ3n) is 6.23. The second kappa shape index (κ2) is 10.5. The predicted molar refractivity (Wildman–Crippen MR) is 146 cm³/mol. The number of carbonyl (C=O) groups excluding carboxylic acids is 1. The third kappa shape index (κ3) is 5.18. The first-order chi connectivity index (χ1) is 17.8. The summed E-state index contributed by atoms with van der Waals surface area (Å²) >= 11 is 7.55. The SMILES string of the molecule is Cc1cccc(C)c1NC(=O)CSc1nc(-c2cccc(Cl)c2)nc2c1Cc1c(CO)cnc(C)c1O2. The number of carbonyl (C=O) groups is 1. The number of fused-ring (bicyclic) bond motifs is 2. The second-order valence-corrected chi connectivity index (χ2v) is 10.3. The van der Waals surface area contributed by atoms with Crippen LogP contribution in [-0.2, 0) is 17.8 Å². The van der Waals surface area contributed by atoms with Gasteiger partial charge in [0.2, 0.25) is 11.8 Å². The molecular formula is C28H25ClN4O3S. The van der Waals surface area contributed by atoms with Crippen LogP contribution in [0.2, 0.25) is 5.02 Å². The van der Waals surface area contributed by atoms with Crippen molar-refractivity contribution in [2.45, 2.75) is 38.8 Å². The van der Waals surface area contributed by atoms with Gasteiger partial charge in [0.25, 0.3) is 0 Å². The minimum atomic E-state index is -0.156. The molecule has 0 aliphatic carbocycles. The average Bonchev–Trinajstić information content (AvgIpc) is 2.89. The van der Waals surface area contributed by atoms with Gasteiger partial charge in [-0.15, -0.1) is 0 Å². The van der Waals surface area contributed by atoms with Crippen LogP contribution < -0.4 is 10.1 Å². The highest BCUT2D eigenvalue weighted by atomic mass is 35.5. The highest BCUT2D eigenvalue weighted by Gasteiger charge is 2.28. The van der Waals surface area contributed by atoms with E-state index in [9.17, 15) is 9.90 Å². The molecule has 0 atom stereocenters. The maximum atomic E-state index is 12.9. The lowest BCUT2D eigenvalue weighted by molar-refractivity contribution is -0.113. The molecule has 4 aromatic rings. The van der Waals surface area contributed by atoms with Crippen molar-refractivity contribution in [3.05, 3.63) is 87.2 Å². The zero-order valence-corrected chi connectivity index (χ0v) is 22.2. The molecule has 0 spiro atoms. The van der Waals surface area contributed by atoms with E-state index in [0.717, 1.165) is 33.5 Å². The Labute approximate surface area is 224 Å². The van der Waals surface area contributed by atoms with Crippen molar-refractivity contribution in [2.75, 3.05) is 11.1 Å². The summed E-state index contributed by atoms with van der Waals surface area (Å²) in [5.74, 6) is 1.48. The summed E-state index contributed by atoms with van der Waals surface area (Å²) in [6.45, 7) is 5.64. The van der Waals surface area contributed by atoms with E-state index in [1.165, 1.54) is 11.8 Å². The molecule has 37 heavy (non-hydrogen) atoms. The average molecular weight is 533 g/mol. The zero-order chi connectivity index (χ0) is 26.1. The Balaban J connectivity index is 1.50.